The van der Waals surface area contributed by atoms with Gasteiger partial charge in [0.2, 0.25) is 0 Å². The lowest BCUT2D eigenvalue weighted by molar-refractivity contribution is 0.0504. The van der Waals surface area contributed by atoms with E-state index in [0.717, 1.165) is 5.69 Å². The van der Waals surface area contributed by atoms with Gasteiger partial charge in [-0.15, -0.1) is 0 Å². The van der Waals surface area contributed by atoms with Gasteiger partial charge in [-0.2, -0.15) is 0 Å². The first-order valence-corrected chi connectivity index (χ1v) is 5.25. The maximum Gasteiger partial charge on any atom is 0.408 e. The minimum atomic E-state index is -0.501. The molecule has 0 aliphatic heterocycles. The lowest BCUT2D eigenvalue weighted by Crippen LogP contribution is -2.37. The van der Waals surface area contributed by atoms with Crippen LogP contribution < -0.4 is 11.1 Å². The van der Waals surface area contributed by atoms with Crippen molar-refractivity contribution in [3.05, 3.63) is 24.0 Å². The van der Waals surface area contributed by atoms with E-state index in [-0.39, 0.29) is 6.04 Å². The molecule has 0 bridgehead atoms. The molecule has 1 heterocycles. The van der Waals surface area contributed by atoms with Gasteiger partial charge in [-0.3, -0.25) is 0 Å². The van der Waals surface area contributed by atoms with E-state index in [1.165, 1.54) is 0 Å². The molecule has 0 radical (unpaired) electrons. The largest absolute Gasteiger partial charge is 0.444 e. The maximum atomic E-state index is 11.5. The van der Waals surface area contributed by atoms with E-state index < -0.39 is 11.7 Å². The van der Waals surface area contributed by atoms with Crippen LogP contribution in [0.3, 0.4) is 0 Å². The van der Waals surface area contributed by atoms with Crippen LogP contribution in [0.25, 0.3) is 0 Å². The van der Waals surface area contributed by atoms with Gasteiger partial charge < -0.3 is 20.8 Å². The molecule has 5 heteroatoms. The average Bonchev–Trinajstić information content (AvgIpc) is 2.63. The second-order valence-electron chi connectivity index (χ2n) is 4.56. The first-order valence-electron chi connectivity index (χ1n) is 5.25. The van der Waals surface area contributed by atoms with E-state index in [0.29, 0.717) is 6.54 Å². The fraction of sp³-hybridized carbons (Fsp3) is 0.545. The number of H-pyrrole nitrogens is 1. The normalized spacial score (nSPS) is 13.2. The summed E-state index contributed by atoms with van der Waals surface area (Å²) in [5.74, 6) is 0. The number of nitrogens with two attached hydrogens (primary N) is 1. The molecule has 0 saturated heterocycles. The van der Waals surface area contributed by atoms with E-state index in [4.69, 9.17) is 10.5 Å². The van der Waals surface area contributed by atoms with Crippen molar-refractivity contribution in [1.29, 1.82) is 0 Å². The van der Waals surface area contributed by atoms with Gasteiger partial charge in [0.15, 0.2) is 0 Å². The number of carbonyl (C=O) groups excluding carboxylic acids is 1. The molecule has 0 aromatic carbocycles. The first kappa shape index (κ1) is 12.6. The van der Waals surface area contributed by atoms with Crippen molar-refractivity contribution < 1.29 is 9.53 Å². The lowest BCUT2D eigenvalue weighted by Gasteiger charge is -2.22. The molecule has 0 fully saturated rings. The number of alkyl carbamates (subject to hydrolysis) is 1. The molecule has 1 amide bonds. The monoisotopic (exact) mass is 225 g/mol. The van der Waals surface area contributed by atoms with Crippen molar-refractivity contribution in [3.8, 4) is 0 Å². The van der Waals surface area contributed by atoms with Crippen LogP contribution >= 0.6 is 0 Å². The molecule has 1 rings (SSSR count). The molecule has 16 heavy (non-hydrogen) atoms. The van der Waals surface area contributed by atoms with Gasteiger partial charge in [-0.05, 0) is 32.9 Å². The highest BCUT2D eigenvalue weighted by atomic mass is 16.6. The third-order valence-electron chi connectivity index (χ3n) is 1.92. The summed E-state index contributed by atoms with van der Waals surface area (Å²) in [4.78, 5) is 14.5. The van der Waals surface area contributed by atoms with Crippen LogP contribution in [-0.2, 0) is 4.74 Å². The van der Waals surface area contributed by atoms with Crippen molar-refractivity contribution in [2.45, 2.75) is 32.4 Å². The molecule has 0 spiro atoms. The van der Waals surface area contributed by atoms with Crippen molar-refractivity contribution in [2.75, 3.05) is 6.54 Å². The molecule has 5 nitrogen and oxygen atoms in total. The summed E-state index contributed by atoms with van der Waals surface area (Å²) < 4.78 is 5.15. The van der Waals surface area contributed by atoms with Crippen molar-refractivity contribution >= 4 is 6.09 Å². The number of rotatable bonds is 3. The summed E-state index contributed by atoms with van der Waals surface area (Å²) in [6, 6.07) is 3.48. The van der Waals surface area contributed by atoms with Gasteiger partial charge in [0.1, 0.15) is 5.60 Å². The Kier molecular flexibility index (Phi) is 3.95. The van der Waals surface area contributed by atoms with Crippen molar-refractivity contribution in [3.63, 3.8) is 0 Å². The predicted octanol–water partition coefficient (Wildman–Crippen LogP) is 1.54. The van der Waals surface area contributed by atoms with E-state index in [1.807, 2.05) is 32.9 Å². The Bertz CT molecular complexity index is 327. The quantitative estimate of drug-likeness (QED) is 0.730. The van der Waals surface area contributed by atoms with Crippen molar-refractivity contribution in [2.24, 2.45) is 5.73 Å². The van der Waals surface area contributed by atoms with Gasteiger partial charge in [-0.25, -0.2) is 4.79 Å². The molecular weight excluding hydrogens is 206 g/mol. The molecule has 1 atom stereocenters. The van der Waals surface area contributed by atoms with Crippen LogP contribution in [0, 0.1) is 0 Å². The zero-order valence-corrected chi connectivity index (χ0v) is 9.91. The summed E-state index contributed by atoms with van der Waals surface area (Å²) in [6.07, 6.45) is 1.33. The number of aromatic nitrogens is 1. The van der Waals surface area contributed by atoms with Crippen LogP contribution in [-0.4, -0.2) is 23.2 Å². The Labute approximate surface area is 95.4 Å². The minimum absolute atomic E-state index is 0.246. The highest BCUT2D eigenvalue weighted by Gasteiger charge is 2.19. The Morgan fingerprint density at radius 2 is 2.31 bits per heavy atom. The molecular formula is C11H19N3O2. The summed E-state index contributed by atoms with van der Waals surface area (Å²) in [7, 11) is 0. The summed E-state index contributed by atoms with van der Waals surface area (Å²) in [5, 5.41) is 2.71. The molecule has 0 aliphatic rings. The smallest absolute Gasteiger partial charge is 0.408 e. The van der Waals surface area contributed by atoms with Crippen molar-refractivity contribution in [1.82, 2.24) is 10.3 Å². The number of hydrogen-bond acceptors (Lipinski definition) is 3. The van der Waals surface area contributed by atoms with Crippen LogP contribution in [0.1, 0.15) is 32.5 Å². The zero-order chi connectivity index (χ0) is 12.2. The van der Waals surface area contributed by atoms with Crippen LogP contribution in [0.4, 0.5) is 4.79 Å². The molecule has 0 aliphatic carbocycles. The van der Waals surface area contributed by atoms with Gasteiger partial charge in [0.05, 0.1) is 6.04 Å². The molecule has 0 saturated carbocycles. The SMILES string of the molecule is CC(C)(C)OC(=O)NC(CN)c1ccc[nH]1. The number of hydrogen-bond donors (Lipinski definition) is 3. The summed E-state index contributed by atoms with van der Waals surface area (Å²) >= 11 is 0. The molecule has 1 aromatic heterocycles. The van der Waals surface area contributed by atoms with Gasteiger partial charge in [-0.1, -0.05) is 0 Å². The van der Waals surface area contributed by atoms with Gasteiger partial charge in [0, 0.05) is 18.4 Å². The Morgan fingerprint density at radius 3 is 2.75 bits per heavy atom. The standard InChI is InChI=1S/C11H19N3O2/c1-11(2,3)16-10(15)14-9(7-12)8-5-4-6-13-8/h4-6,9,13H,7,12H2,1-3H3,(H,14,15). The van der Waals surface area contributed by atoms with Crippen LogP contribution in [0.5, 0.6) is 0 Å². The Morgan fingerprint density at radius 1 is 1.62 bits per heavy atom. The number of carbonyl (C=O) groups is 1. The maximum absolute atomic E-state index is 11.5. The average molecular weight is 225 g/mol. The summed E-state index contributed by atoms with van der Waals surface area (Å²) in [5.41, 5.74) is 5.95. The minimum Gasteiger partial charge on any atom is -0.444 e. The zero-order valence-electron chi connectivity index (χ0n) is 9.91. The third-order valence-corrected chi connectivity index (χ3v) is 1.92. The number of aromatic amines is 1. The second kappa shape index (κ2) is 5.03. The molecule has 4 N–H and O–H groups in total. The highest BCUT2D eigenvalue weighted by molar-refractivity contribution is 5.68. The van der Waals surface area contributed by atoms with E-state index in [1.54, 1.807) is 6.20 Å². The number of nitrogens with one attached hydrogen (secondary N) is 2. The highest BCUT2D eigenvalue weighted by Crippen LogP contribution is 2.11. The first-order chi connectivity index (χ1) is 7.42. The van der Waals surface area contributed by atoms with E-state index in [2.05, 4.69) is 10.3 Å². The Hall–Kier alpha value is -1.49. The molecule has 90 valence electrons. The molecule has 1 unspecified atom stereocenters. The van der Waals surface area contributed by atoms with Gasteiger partial charge >= 0.3 is 6.09 Å². The number of ether oxygens (including phenoxy) is 1. The van der Waals surface area contributed by atoms with E-state index >= 15 is 0 Å². The Balaban J connectivity index is 2.55. The summed E-state index contributed by atoms with van der Waals surface area (Å²) in [6.45, 7) is 5.77. The topological polar surface area (TPSA) is 80.1 Å². The van der Waals surface area contributed by atoms with Crippen LogP contribution in [0.2, 0.25) is 0 Å². The van der Waals surface area contributed by atoms with Crippen LogP contribution in [0.15, 0.2) is 18.3 Å². The lowest BCUT2D eigenvalue weighted by atomic mass is 10.2. The van der Waals surface area contributed by atoms with E-state index in [9.17, 15) is 4.79 Å². The fourth-order valence-corrected chi connectivity index (χ4v) is 1.27. The third kappa shape index (κ3) is 3.94. The molecule has 1 aromatic rings. The fourth-order valence-electron chi connectivity index (χ4n) is 1.27. The number of amides is 1. The second-order valence-corrected chi connectivity index (χ2v) is 4.56. The van der Waals surface area contributed by atoms with Gasteiger partial charge in [0.25, 0.3) is 0 Å². The predicted molar refractivity (Wildman–Crippen MR) is 62.0 cm³/mol.